The smallest absolute Gasteiger partial charge is 0.0813 e. The molecular weight excluding hydrogens is 154 g/mol. The van der Waals surface area contributed by atoms with Crippen molar-refractivity contribution in [3.05, 3.63) is 0 Å². The highest BCUT2D eigenvalue weighted by molar-refractivity contribution is 4.69. The molecule has 2 atom stereocenters. The normalized spacial score (nSPS) is 29.5. The molecule has 1 rings (SSSR count). The molecule has 2 unspecified atom stereocenters. The summed E-state index contributed by atoms with van der Waals surface area (Å²) in [6.07, 6.45) is 4.02. The van der Waals surface area contributed by atoms with Gasteiger partial charge in [-0.05, 0) is 32.7 Å². The molecule has 72 valence electrons. The average molecular weight is 173 g/mol. The Kier molecular flexibility index (Phi) is 4.58. The third-order valence-corrected chi connectivity index (χ3v) is 2.12. The summed E-state index contributed by atoms with van der Waals surface area (Å²) in [6.45, 7) is 4.33. The highest BCUT2D eigenvalue weighted by Gasteiger charge is 2.21. The van der Waals surface area contributed by atoms with Crippen molar-refractivity contribution in [1.82, 2.24) is 0 Å². The van der Waals surface area contributed by atoms with E-state index < -0.39 is 0 Å². The molecule has 0 amide bonds. The van der Waals surface area contributed by atoms with Crippen LogP contribution in [0.3, 0.4) is 0 Å². The van der Waals surface area contributed by atoms with Crippen LogP contribution < -0.4 is 5.73 Å². The summed E-state index contributed by atoms with van der Waals surface area (Å²) in [4.78, 5) is 0. The largest absolute Gasteiger partial charge is 0.379 e. The molecule has 1 aliphatic rings. The van der Waals surface area contributed by atoms with Gasteiger partial charge in [-0.25, -0.2) is 0 Å². The van der Waals surface area contributed by atoms with Crippen LogP contribution in [0, 0.1) is 0 Å². The fraction of sp³-hybridized carbons (Fsp3) is 1.00. The van der Waals surface area contributed by atoms with Crippen LogP contribution in [0.2, 0.25) is 0 Å². The highest BCUT2D eigenvalue weighted by Crippen LogP contribution is 2.18. The molecule has 0 aromatic heterocycles. The van der Waals surface area contributed by atoms with Crippen molar-refractivity contribution in [3.63, 3.8) is 0 Å². The Morgan fingerprint density at radius 3 is 2.92 bits per heavy atom. The summed E-state index contributed by atoms with van der Waals surface area (Å²) in [5.41, 5.74) is 5.33. The van der Waals surface area contributed by atoms with Crippen molar-refractivity contribution in [2.45, 2.75) is 38.4 Å². The maximum atomic E-state index is 5.59. The predicted octanol–water partition coefficient (Wildman–Crippen LogP) is 0.919. The third kappa shape index (κ3) is 3.52. The maximum Gasteiger partial charge on any atom is 0.0813 e. The van der Waals surface area contributed by atoms with Gasteiger partial charge < -0.3 is 15.2 Å². The number of ether oxygens (including phenoxy) is 2. The molecule has 0 bridgehead atoms. The van der Waals surface area contributed by atoms with Gasteiger partial charge in [0, 0.05) is 6.61 Å². The van der Waals surface area contributed by atoms with Crippen LogP contribution >= 0.6 is 0 Å². The van der Waals surface area contributed by atoms with Crippen molar-refractivity contribution in [2.75, 3.05) is 19.8 Å². The highest BCUT2D eigenvalue weighted by atomic mass is 16.5. The average Bonchev–Trinajstić information content (AvgIpc) is 2.45. The molecule has 0 aromatic carbocycles. The van der Waals surface area contributed by atoms with E-state index in [9.17, 15) is 0 Å². The second-order valence-corrected chi connectivity index (χ2v) is 3.36. The van der Waals surface area contributed by atoms with E-state index in [1.165, 1.54) is 6.42 Å². The zero-order chi connectivity index (χ0) is 8.81. The van der Waals surface area contributed by atoms with E-state index in [1.54, 1.807) is 0 Å². The second-order valence-electron chi connectivity index (χ2n) is 3.36. The van der Waals surface area contributed by atoms with Crippen LogP contribution in [0.25, 0.3) is 0 Å². The van der Waals surface area contributed by atoms with Crippen LogP contribution in [0.15, 0.2) is 0 Å². The van der Waals surface area contributed by atoms with Gasteiger partial charge >= 0.3 is 0 Å². The van der Waals surface area contributed by atoms with E-state index in [2.05, 4.69) is 6.92 Å². The monoisotopic (exact) mass is 173 g/mol. The second kappa shape index (κ2) is 5.51. The first-order chi connectivity index (χ1) is 5.83. The van der Waals surface area contributed by atoms with Gasteiger partial charge in [-0.3, -0.25) is 0 Å². The predicted molar refractivity (Wildman–Crippen MR) is 48.1 cm³/mol. The summed E-state index contributed by atoms with van der Waals surface area (Å²) in [5, 5.41) is 0. The molecule has 3 heteroatoms. The molecule has 0 aliphatic carbocycles. The van der Waals surface area contributed by atoms with Crippen LogP contribution in [-0.4, -0.2) is 32.0 Å². The minimum Gasteiger partial charge on any atom is -0.379 e. The van der Waals surface area contributed by atoms with Gasteiger partial charge in [0.05, 0.1) is 18.8 Å². The Morgan fingerprint density at radius 1 is 1.50 bits per heavy atom. The molecule has 0 spiro atoms. The zero-order valence-electron chi connectivity index (χ0n) is 7.79. The molecule has 1 fully saturated rings. The van der Waals surface area contributed by atoms with E-state index >= 15 is 0 Å². The quantitative estimate of drug-likeness (QED) is 0.629. The Bertz CT molecular complexity index is 119. The van der Waals surface area contributed by atoms with Crippen molar-refractivity contribution >= 4 is 0 Å². The van der Waals surface area contributed by atoms with Crippen LogP contribution in [0.5, 0.6) is 0 Å². The first kappa shape index (κ1) is 9.96. The lowest BCUT2D eigenvalue weighted by atomic mass is 10.2. The van der Waals surface area contributed by atoms with Crippen molar-refractivity contribution in [1.29, 1.82) is 0 Å². The van der Waals surface area contributed by atoms with Gasteiger partial charge in [0.2, 0.25) is 0 Å². The van der Waals surface area contributed by atoms with E-state index in [0.29, 0.717) is 18.8 Å². The lowest BCUT2D eigenvalue weighted by Crippen LogP contribution is -2.17. The molecule has 12 heavy (non-hydrogen) atoms. The molecule has 1 aliphatic heterocycles. The van der Waals surface area contributed by atoms with Gasteiger partial charge in [0.1, 0.15) is 0 Å². The maximum absolute atomic E-state index is 5.59. The molecule has 1 heterocycles. The van der Waals surface area contributed by atoms with Gasteiger partial charge in [-0.1, -0.05) is 0 Å². The molecule has 0 radical (unpaired) electrons. The van der Waals surface area contributed by atoms with Crippen LogP contribution in [0.1, 0.15) is 26.2 Å². The molecule has 2 N–H and O–H groups in total. The Labute approximate surface area is 74.2 Å². The Hall–Kier alpha value is -0.120. The summed E-state index contributed by atoms with van der Waals surface area (Å²) in [6, 6.07) is 0. The zero-order valence-corrected chi connectivity index (χ0v) is 7.79. The van der Waals surface area contributed by atoms with Gasteiger partial charge in [0.25, 0.3) is 0 Å². The summed E-state index contributed by atoms with van der Waals surface area (Å²) < 4.78 is 11.0. The van der Waals surface area contributed by atoms with Crippen molar-refractivity contribution in [3.8, 4) is 0 Å². The van der Waals surface area contributed by atoms with Crippen LogP contribution in [0.4, 0.5) is 0 Å². The lowest BCUT2D eigenvalue weighted by Gasteiger charge is -2.10. The minimum atomic E-state index is 0.331. The van der Waals surface area contributed by atoms with Gasteiger partial charge in [-0.2, -0.15) is 0 Å². The van der Waals surface area contributed by atoms with Gasteiger partial charge in [-0.15, -0.1) is 0 Å². The first-order valence-corrected chi connectivity index (χ1v) is 4.76. The molecule has 3 nitrogen and oxygen atoms in total. The van der Waals surface area contributed by atoms with Crippen molar-refractivity contribution < 1.29 is 9.47 Å². The standard InChI is InChI=1S/C9H19NO2/c1-8-3-4-9(12-8)7-11-6-2-5-10/h8-9H,2-7,10H2,1H3. The SMILES string of the molecule is CC1CCC(COCCCN)O1. The minimum absolute atomic E-state index is 0.331. The van der Waals surface area contributed by atoms with E-state index in [0.717, 1.165) is 26.1 Å². The molecular formula is C9H19NO2. The Morgan fingerprint density at radius 2 is 2.33 bits per heavy atom. The molecule has 0 aromatic rings. The molecule has 0 saturated carbocycles. The number of rotatable bonds is 5. The lowest BCUT2D eigenvalue weighted by molar-refractivity contribution is -0.00924. The van der Waals surface area contributed by atoms with E-state index in [-0.39, 0.29) is 0 Å². The number of hydrogen-bond acceptors (Lipinski definition) is 3. The fourth-order valence-electron chi connectivity index (χ4n) is 1.41. The number of hydrogen-bond donors (Lipinski definition) is 1. The van der Waals surface area contributed by atoms with E-state index in [4.69, 9.17) is 15.2 Å². The molecule has 1 saturated heterocycles. The van der Waals surface area contributed by atoms with Crippen LogP contribution in [-0.2, 0) is 9.47 Å². The summed E-state index contributed by atoms with van der Waals surface area (Å²) in [5.74, 6) is 0. The fourth-order valence-corrected chi connectivity index (χ4v) is 1.41. The topological polar surface area (TPSA) is 44.5 Å². The summed E-state index contributed by atoms with van der Waals surface area (Å²) >= 11 is 0. The Balaban J connectivity index is 1.93. The number of nitrogens with two attached hydrogens (primary N) is 1. The first-order valence-electron chi connectivity index (χ1n) is 4.76. The summed E-state index contributed by atoms with van der Waals surface area (Å²) in [7, 11) is 0. The van der Waals surface area contributed by atoms with Crippen molar-refractivity contribution in [2.24, 2.45) is 5.73 Å². The van der Waals surface area contributed by atoms with E-state index in [1.807, 2.05) is 0 Å². The van der Waals surface area contributed by atoms with Gasteiger partial charge in [0.15, 0.2) is 0 Å². The third-order valence-electron chi connectivity index (χ3n) is 2.12.